The van der Waals surface area contributed by atoms with E-state index in [1.807, 2.05) is 0 Å². The van der Waals surface area contributed by atoms with Crippen molar-refractivity contribution in [3.63, 3.8) is 0 Å². The highest BCUT2D eigenvalue weighted by molar-refractivity contribution is 6.35. The third kappa shape index (κ3) is 10.2. The summed E-state index contributed by atoms with van der Waals surface area (Å²) in [5.41, 5.74) is 0. The Morgan fingerprint density at radius 2 is 1.17 bits per heavy atom. The molecule has 0 aliphatic rings. The summed E-state index contributed by atoms with van der Waals surface area (Å²) in [4.78, 5) is 0. The lowest BCUT2D eigenvalue weighted by molar-refractivity contribution is 0.698. The van der Waals surface area contributed by atoms with Crippen molar-refractivity contribution >= 4 is 9.52 Å². The molecule has 0 aromatic heterocycles. The molecule has 0 fully saturated rings. The fraction of sp³-hybridized carbons (Fsp3) is 1.00. The van der Waals surface area contributed by atoms with Gasteiger partial charge in [-0.2, -0.15) is 0 Å². The highest BCUT2D eigenvalue weighted by Crippen LogP contribution is 2.05. The molecular formula is C11H24Si. The van der Waals surface area contributed by atoms with Crippen LogP contribution >= 0.6 is 0 Å². The smallest absolute Gasteiger partial charge is 0.0378 e. The number of unbranched alkanes of at least 4 members (excludes halogenated alkanes) is 5. The molecule has 2 radical (unpaired) electrons. The Morgan fingerprint density at radius 1 is 0.667 bits per heavy atom. The van der Waals surface area contributed by atoms with Gasteiger partial charge < -0.3 is 0 Å². The fourth-order valence-corrected chi connectivity index (χ4v) is 2.55. The number of hydrogen-bond acceptors (Lipinski definition) is 0. The molecule has 0 atom stereocenters. The van der Waals surface area contributed by atoms with Gasteiger partial charge in [0.25, 0.3) is 0 Å². The molecule has 0 rings (SSSR count). The Kier molecular flexibility index (Phi) is 11.4. The maximum atomic E-state index is 2.28. The molecule has 0 nitrogen and oxygen atoms in total. The maximum absolute atomic E-state index is 2.28. The number of rotatable bonds is 9. The molecule has 0 aliphatic carbocycles. The van der Waals surface area contributed by atoms with Gasteiger partial charge in [0.05, 0.1) is 0 Å². The third-order valence-corrected chi connectivity index (χ3v) is 3.58. The van der Waals surface area contributed by atoms with Gasteiger partial charge >= 0.3 is 0 Å². The van der Waals surface area contributed by atoms with Crippen molar-refractivity contribution in [1.29, 1.82) is 0 Å². The van der Waals surface area contributed by atoms with Crippen molar-refractivity contribution < 1.29 is 0 Å². The standard InChI is InChI=1S/C11H24Si/c1-3-5-7-9-11-12-10-8-6-4-2/h3-11H2,1-2H3. The van der Waals surface area contributed by atoms with Crippen LogP contribution < -0.4 is 0 Å². The summed E-state index contributed by atoms with van der Waals surface area (Å²) in [5, 5.41) is 0. The van der Waals surface area contributed by atoms with Gasteiger partial charge in [-0.25, -0.2) is 0 Å². The highest BCUT2D eigenvalue weighted by atomic mass is 28.2. The average Bonchev–Trinajstić information content (AvgIpc) is 2.10. The average molecular weight is 184 g/mol. The summed E-state index contributed by atoms with van der Waals surface area (Å²) in [6.45, 7) is 4.56. The Bertz CT molecular complexity index is 61.4. The van der Waals surface area contributed by atoms with Crippen molar-refractivity contribution in [3.8, 4) is 0 Å². The summed E-state index contributed by atoms with van der Waals surface area (Å²) in [5.74, 6) is 0. The van der Waals surface area contributed by atoms with Crippen LogP contribution in [-0.2, 0) is 0 Å². The Labute approximate surface area is 81.0 Å². The van der Waals surface area contributed by atoms with E-state index in [4.69, 9.17) is 0 Å². The first-order valence-corrected chi connectivity index (χ1v) is 7.04. The van der Waals surface area contributed by atoms with E-state index >= 15 is 0 Å². The zero-order valence-corrected chi connectivity index (χ0v) is 9.86. The number of hydrogen-bond donors (Lipinski definition) is 0. The monoisotopic (exact) mass is 184 g/mol. The first-order valence-electron chi connectivity index (χ1n) is 5.62. The van der Waals surface area contributed by atoms with Crippen molar-refractivity contribution in [1.82, 2.24) is 0 Å². The first-order chi connectivity index (χ1) is 5.91. The van der Waals surface area contributed by atoms with E-state index < -0.39 is 0 Å². The molecule has 0 aliphatic heterocycles. The van der Waals surface area contributed by atoms with Crippen molar-refractivity contribution in [2.45, 2.75) is 70.9 Å². The summed E-state index contributed by atoms with van der Waals surface area (Å²) in [6.07, 6.45) is 10.1. The molecule has 0 bridgehead atoms. The molecular weight excluding hydrogens is 160 g/mol. The second-order valence-corrected chi connectivity index (χ2v) is 5.02. The molecule has 72 valence electrons. The predicted molar refractivity (Wildman–Crippen MR) is 59.0 cm³/mol. The molecule has 0 aromatic rings. The van der Waals surface area contributed by atoms with E-state index in [1.165, 1.54) is 66.6 Å². The van der Waals surface area contributed by atoms with Gasteiger partial charge in [0.1, 0.15) is 0 Å². The van der Waals surface area contributed by atoms with E-state index in [1.54, 1.807) is 0 Å². The lowest BCUT2D eigenvalue weighted by atomic mass is 10.2. The largest absolute Gasteiger partial charge is 0.0654 e. The topological polar surface area (TPSA) is 0 Å². The summed E-state index contributed by atoms with van der Waals surface area (Å²) in [6, 6.07) is 3.00. The van der Waals surface area contributed by atoms with E-state index in [0.717, 1.165) is 0 Å². The van der Waals surface area contributed by atoms with Crippen LogP contribution in [0.1, 0.15) is 58.8 Å². The second kappa shape index (κ2) is 11.2. The van der Waals surface area contributed by atoms with Crippen LogP contribution in [0.15, 0.2) is 0 Å². The Morgan fingerprint density at radius 3 is 1.75 bits per heavy atom. The van der Waals surface area contributed by atoms with Gasteiger partial charge in [-0.3, -0.25) is 0 Å². The molecule has 0 aromatic carbocycles. The van der Waals surface area contributed by atoms with Crippen molar-refractivity contribution in [2.24, 2.45) is 0 Å². The van der Waals surface area contributed by atoms with Crippen LogP contribution in [0, 0.1) is 0 Å². The van der Waals surface area contributed by atoms with E-state index in [9.17, 15) is 0 Å². The molecule has 0 amide bonds. The molecule has 0 saturated carbocycles. The van der Waals surface area contributed by atoms with Crippen molar-refractivity contribution in [2.75, 3.05) is 0 Å². The van der Waals surface area contributed by atoms with Gasteiger partial charge in [-0.05, 0) is 0 Å². The summed E-state index contributed by atoms with van der Waals surface area (Å²) in [7, 11) is 1.25. The van der Waals surface area contributed by atoms with Gasteiger partial charge in [0, 0.05) is 9.52 Å². The quantitative estimate of drug-likeness (QED) is 0.370. The zero-order valence-electron chi connectivity index (χ0n) is 8.86. The molecule has 0 heterocycles. The minimum atomic E-state index is 1.25. The predicted octanol–water partition coefficient (Wildman–Crippen LogP) is 4.30. The van der Waals surface area contributed by atoms with E-state index in [-0.39, 0.29) is 0 Å². The van der Waals surface area contributed by atoms with Gasteiger partial charge in [0.2, 0.25) is 0 Å². The maximum Gasteiger partial charge on any atom is 0.0378 e. The summed E-state index contributed by atoms with van der Waals surface area (Å²) < 4.78 is 0. The SMILES string of the molecule is CCCCCC[Si]CCCCC. The van der Waals surface area contributed by atoms with Gasteiger partial charge in [-0.15, -0.1) is 0 Å². The minimum Gasteiger partial charge on any atom is -0.0654 e. The fourth-order valence-electron chi connectivity index (χ4n) is 1.30. The molecule has 0 N–H and O–H groups in total. The van der Waals surface area contributed by atoms with Crippen LogP contribution in [-0.4, -0.2) is 9.52 Å². The highest BCUT2D eigenvalue weighted by Gasteiger charge is 1.91. The lowest BCUT2D eigenvalue weighted by Gasteiger charge is -1.98. The van der Waals surface area contributed by atoms with Gasteiger partial charge in [-0.1, -0.05) is 70.9 Å². The molecule has 12 heavy (non-hydrogen) atoms. The van der Waals surface area contributed by atoms with Gasteiger partial charge in [0.15, 0.2) is 0 Å². The van der Waals surface area contributed by atoms with Crippen LogP contribution in [0.3, 0.4) is 0 Å². The zero-order chi connectivity index (χ0) is 9.07. The van der Waals surface area contributed by atoms with E-state index in [0.29, 0.717) is 0 Å². The first kappa shape index (κ1) is 12.2. The van der Waals surface area contributed by atoms with Crippen LogP contribution in [0.4, 0.5) is 0 Å². The normalized spacial score (nSPS) is 10.5. The van der Waals surface area contributed by atoms with Crippen molar-refractivity contribution in [3.05, 3.63) is 0 Å². The molecule has 0 spiro atoms. The molecule has 0 saturated heterocycles. The third-order valence-electron chi connectivity index (χ3n) is 2.16. The molecule has 1 heteroatoms. The Hall–Kier alpha value is 0.217. The van der Waals surface area contributed by atoms with E-state index in [2.05, 4.69) is 13.8 Å². The lowest BCUT2D eigenvalue weighted by Crippen LogP contribution is -1.89. The van der Waals surface area contributed by atoms with Crippen LogP contribution in [0.2, 0.25) is 12.1 Å². The molecule has 0 unspecified atom stereocenters. The van der Waals surface area contributed by atoms with Crippen LogP contribution in [0.5, 0.6) is 0 Å². The minimum absolute atomic E-state index is 1.25. The second-order valence-electron chi connectivity index (χ2n) is 3.52. The Balaban J connectivity index is 2.73. The summed E-state index contributed by atoms with van der Waals surface area (Å²) >= 11 is 0. The van der Waals surface area contributed by atoms with Crippen LogP contribution in [0.25, 0.3) is 0 Å².